The zero-order valence-electron chi connectivity index (χ0n) is 9.43. The number of furan rings is 1. The van der Waals surface area contributed by atoms with E-state index in [0.717, 1.165) is 29.0 Å². The second-order valence-electron chi connectivity index (χ2n) is 3.51. The van der Waals surface area contributed by atoms with E-state index in [-0.39, 0.29) is 0 Å². The van der Waals surface area contributed by atoms with Gasteiger partial charge in [-0.05, 0) is 19.2 Å². The quantitative estimate of drug-likeness (QED) is 0.808. The van der Waals surface area contributed by atoms with Crippen LogP contribution in [-0.2, 0) is 19.3 Å². The average Bonchev–Trinajstić information content (AvgIpc) is 2.86. The van der Waals surface area contributed by atoms with Crippen LogP contribution in [0.25, 0.3) is 0 Å². The van der Waals surface area contributed by atoms with Crippen molar-refractivity contribution in [1.29, 1.82) is 0 Å². The van der Waals surface area contributed by atoms with Crippen LogP contribution in [0.3, 0.4) is 0 Å². The highest BCUT2D eigenvalue weighted by molar-refractivity contribution is 7.98. The van der Waals surface area contributed by atoms with Crippen molar-refractivity contribution in [3.63, 3.8) is 0 Å². The molecular weight excluding hydrogens is 222 g/mol. The fourth-order valence-corrected chi connectivity index (χ4v) is 2.22. The number of nitrogens with zero attached hydrogens (tertiary/aromatic N) is 2. The summed E-state index contributed by atoms with van der Waals surface area (Å²) in [6.07, 6.45) is 3.74. The van der Waals surface area contributed by atoms with Gasteiger partial charge in [-0.1, -0.05) is 11.8 Å². The molecule has 0 unspecified atom stereocenters. The summed E-state index contributed by atoms with van der Waals surface area (Å²) < 4.78 is 7.64. The number of rotatable bonds is 5. The molecule has 0 amide bonds. The minimum Gasteiger partial charge on any atom is -0.464 e. The first-order chi connectivity index (χ1) is 7.79. The van der Waals surface area contributed by atoms with Gasteiger partial charge >= 0.3 is 0 Å². The van der Waals surface area contributed by atoms with Gasteiger partial charge in [-0.25, -0.2) is 4.98 Å². The lowest BCUT2D eigenvalue weighted by Gasteiger charge is -1.99. The van der Waals surface area contributed by atoms with E-state index >= 15 is 0 Å². The van der Waals surface area contributed by atoms with E-state index in [1.165, 1.54) is 0 Å². The van der Waals surface area contributed by atoms with Gasteiger partial charge in [0.25, 0.3) is 0 Å². The maximum atomic E-state index is 5.64. The number of thioether (sulfide) groups is 1. The van der Waals surface area contributed by atoms with E-state index in [0.29, 0.717) is 0 Å². The van der Waals surface area contributed by atoms with Gasteiger partial charge in [0.2, 0.25) is 0 Å². The van der Waals surface area contributed by atoms with Crippen LogP contribution in [0.1, 0.15) is 11.5 Å². The molecule has 0 fully saturated rings. The first-order valence-electron chi connectivity index (χ1n) is 5.12. The molecule has 5 heteroatoms. The van der Waals surface area contributed by atoms with Crippen molar-refractivity contribution in [3.05, 3.63) is 36.0 Å². The molecule has 0 aliphatic rings. The van der Waals surface area contributed by atoms with E-state index in [2.05, 4.69) is 10.3 Å². The molecule has 0 radical (unpaired) electrons. The second kappa shape index (κ2) is 5.23. The van der Waals surface area contributed by atoms with E-state index in [4.69, 9.17) is 4.42 Å². The third kappa shape index (κ3) is 2.68. The van der Waals surface area contributed by atoms with Crippen LogP contribution in [0, 0.1) is 0 Å². The Morgan fingerprint density at radius 3 is 2.94 bits per heavy atom. The van der Waals surface area contributed by atoms with Gasteiger partial charge in [0.05, 0.1) is 12.3 Å². The molecule has 2 aromatic rings. The van der Waals surface area contributed by atoms with Crippen LogP contribution in [0.15, 0.2) is 34.1 Å². The Kier molecular flexibility index (Phi) is 3.69. The molecule has 2 heterocycles. The second-order valence-corrected chi connectivity index (χ2v) is 4.45. The maximum Gasteiger partial charge on any atom is 0.168 e. The van der Waals surface area contributed by atoms with E-state index in [1.807, 2.05) is 37.0 Å². The molecule has 0 aliphatic heterocycles. The molecule has 0 saturated heterocycles. The van der Waals surface area contributed by atoms with Gasteiger partial charge in [-0.15, -0.1) is 0 Å². The highest BCUT2D eigenvalue weighted by atomic mass is 32.2. The van der Waals surface area contributed by atoms with Crippen molar-refractivity contribution in [2.45, 2.75) is 17.5 Å². The molecule has 16 heavy (non-hydrogen) atoms. The summed E-state index contributed by atoms with van der Waals surface area (Å²) in [7, 11) is 3.90. The fourth-order valence-electron chi connectivity index (χ4n) is 1.40. The molecule has 2 aromatic heterocycles. The molecule has 0 bridgehead atoms. The predicted molar refractivity (Wildman–Crippen MR) is 64.2 cm³/mol. The van der Waals surface area contributed by atoms with Crippen LogP contribution in [0.5, 0.6) is 0 Å². The van der Waals surface area contributed by atoms with Crippen molar-refractivity contribution in [1.82, 2.24) is 14.9 Å². The molecular formula is C11H15N3OS. The Morgan fingerprint density at radius 1 is 1.44 bits per heavy atom. The van der Waals surface area contributed by atoms with Crippen LogP contribution < -0.4 is 5.32 Å². The lowest BCUT2D eigenvalue weighted by molar-refractivity contribution is 0.468. The first-order valence-corrected chi connectivity index (χ1v) is 6.10. The molecule has 86 valence electrons. The van der Waals surface area contributed by atoms with Crippen molar-refractivity contribution in [3.8, 4) is 0 Å². The Labute approximate surface area is 99.1 Å². The Hall–Kier alpha value is -1.20. The van der Waals surface area contributed by atoms with Crippen molar-refractivity contribution in [2.75, 3.05) is 7.05 Å². The largest absolute Gasteiger partial charge is 0.464 e. The third-order valence-corrected chi connectivity index (χ3v) is 3.27. The summed E-state index contributed by atoms with van der Waals surface area (Å²) in [5.41, 5.74) is 0. The summed E-state index contributed by atoms with van der Waals surface area (Å²) in [6, 6.07) is 4.02. The van der Waals surface area contributed by atoms with Crippen LogP contribution in [0.4, 0.5) is 0 Å². The lowest BCUT2D eigenvalue weighted by Crippen LogP contribution is -2.03. The van der Waals surface area contributed by atoms with E-state index in [9.17, 15) is 0 Å². The Morgan fingerprint density at radius 2 is 2.25 bits per heavy atom. The van der Waals surface area contributed by atoms with E-state index < -0.39 is 0 Å². The molecule has 0 spiro atoms. The van der Waals surface area contributed by atoms with Crippen molar-refractivity contribution in [2.24, 2.45) is 7.05 Å². The molecule has 0 saturated carbocycles. The van der Waals surface area contributed by atoms with Gasteiger partial charge in [0.15, 0.2) is 5.16 Å². The van der Waals surface area contributed by atoms with Gasteiger partial charge in [-0.3, -0.25) is 0 Å². The number of hydrogen-bond acceptors (Lipinski definition) is 4. The molecule has 0 aliphatic carbocycles. The molecule has 0 aromatic carbocycles. The first kappa shape index (κ1) is 11.3. The third-order valence-electron chi connectivity index (χ3n) is 2.19. The molecule has 4 nitrogen and oxygen atoms in total. The van der Waals surface area contributed by atoms with Crippen LogP contribution in [-0.4, -0.2) is 16.6 Å². The normalized spacial score (nSPS) is 10.9. The average molecular weight is 237 g/mol. The van der Waals surface area contributed by atoms with E-state index in [1.54, 1.807) is 18.0 Å². The highest BCUT2D eigenvalue weighted by Gasteiger charge is 2.04. The Balaban J connectivity index is 1.92. The summed E-state index contributed by atoms with van der Waals surface area (Å²) in [6.45, 7) is 0.771. The Bertz CT molecular complexity index is 450. The summed E-state index contributed by atoms with van der Waals surface area (Å²) in [5.74, 6) is 2.77. The summed E-state index contributed by atoms with van der Waals surface area (Å²) in [5, 5.41) is 4.07. The SMILES string of the molecule is CNCc1ccc(CSc2nccn2C)o1. The standard InChI is InChI=1S/C11H15N3OS/c1-12-7-9-3-4-10(15-9)8-16-11-13-5-6-14(11)2/h3-6,12H,7-8H2,1-2H3. The lowest BCUT2D eigenvalue weighted by atomic mass is 10.4. The number of aromatic nitrogens is 2. The van der Waals surface area contributed by atoms with Gasteiger partial charge in [0.1, 0.15) is 11.5 Å². The zero-order valence-corrected chi connectivity index (χ0v) is 10.3. The molecule has 2 rings (SSSR count). The van der Waals surface area contributed by atoms with Crippen LogP contribution in [0.2, 0.25) is 0 Å². The smallest absolute Gasteiger partial charge is 0.168 e. The maximum absolute atomic E-state index is 5.64. The van der Waals surface area contributed by atoms with Crippen LogP contribution >= 0.6 is 11.8 Å². The number of hydrogen-bond donors (Lipinski definition) is 1. The molecule has 1 N–H and O–H groups in total. The van der Waals surface area contributed by atoms with Gasteiger partial charge < -0.3 is 14.3 Å². The van der Waals surface area contributed by atoms with Gasteiger partial charge in [0, 0.05) is 19.4 Å². The van der Waals surface area contributed by atoms with Crippen molar-refractivity contribution >= 4 is 11.8 Å². The topological polar surface area (TPSA) is 43.0 Å². The van der Waals surface area contributed by atoms with Gasteiger partial charge in [-0.2, -0.15) is 0 Å². The zero-order chi connectivity index (χ0) is 11.4. The minimum absolute atomic E-state index is 0.771. The monoisotopic (exact) mass is 237 g/mol. The predicted octanol–water partition coefficient (Wildman–Crippen LogP) is 2.02. The number of aryl methyl sites for hydroxylation is 1. The number of nitrogens with one attached hydrogen (secondary N) is 1. The number of imidazole rings is 1. The fraction of sp³-hybridized carbons (Fsp3) is 0.364. The summed E-state index contributed by atoms with van der Waals surface area (Å²) in [4.78, 5) is 4.25. The van der Waals surface area contributed by atoms with Crippen molar-refractivity contribution < 1.29 is 4.42 Å². The summed E-state index contributed by atoms with van der Waals surface area (Å²) >= 11 is 1.68. The highest BCUT2D eigenvalue weighted by Crippen LogP contribution is 2.21. The molecule has 0 atom stereocenters. The minimum atomic E-state index is 0.771.